The van der Waals surface area contributed by atoms with E-state index in [9.17, 15) is 4.79 Å². The zero-order chi connectivity index (χ0) is 17.6. The highest BCUT2D eigenvalue weighted by Gasteiger charge is 2.14. The van der Waals surface area contributed by atoms with E-state index in [0.29, 0.717) is 36.0 Å². The second-order valence-corrected chi connectivity index (χ2v) is 6.07. The lowest BCUT2D eigenvalue weighted by Crippen LogP contribution is -2.26. The number of hydrogen-bond acceptors (Lipinski definition) is 6. The number of carbonyl (C=O) groups excluding carboxylic acids is 1. The second kappa shape index (κ2) is 7.89. The summed E-state index contributed by atoms with van der Waals surface area (Å²) >= 11 is 3.37. The average Bonchev–Trinajstić information content (AvgIpc) is 3.02. The van der Waals surface area contributed by atoms with Gasteiger partial charge in [-0.05, 0) is 43.3 Å². The van der Waals surface area contributed by atoms with Crippen LogP contribution >= 0.6 is 15.9 Å². The third kappa shape index (κ3) is 4.63. The van der Waals surface area contributed by atoms with Gasteiger partial charge in [0.25, 0.3) is 5.91 Å². The Labute approximate surface area is 152 Å². The van der Waals surface area contributed by atoms with Gasteiger partial charge in [0.15, 0.2) is 5.82 Å². The number of halogens is 1. The maximum atomic E-state index is 12.4. The zero-order valence-corrected chi connectivity index (χ0v) is 15.0. The number of rotatable bonds is 6. The Kier molecular flexibility index (Phi) is 5.39. The minimum atomic E-state index is -0.281. The van der Waals surface area contributed by atoms with Crippen LogP contribution in [0.4, 0.5) is 0 Å². The third-order valence-corrected chi connectivity index (χ3v) is 3.77. The lowest BCUT2D eigenvalue weighted by molar-refractivity contribution is 0.0950. The lowest BCUT2D eigenvalue weighted by Gasteiger charge is -2.10. The van der Waals surface area contributed by atoms with Gasteiger partial charge in [0.1, 0.15) is 11.3 Å². The van der Waals surface area contributed by atoms with Crippen LogP contribution in [0.25, 0.3) is 0 Å². The van der Waals surface area contributed by atoms with Gasteiger partial charge in [0, 0.05) is 23.6 Å². The molecule has 0 spiro atoms. The Hall–Kier alpha value is -2.74. The standard InChI is InChI=1S/C17H15BrN4O3/c1-11-21-15(25-22-11)8-10-19-16(23)14-3-2-9-20-17(14)24-13-6-4-12(18)5-7-13/h2-7,9H,8,10H2,1H3,(H,19,23). The molecule has 128 valence electrons. The van der Waals surface area contributed by atoms with E-state index >= 15 is 0 Å². The number of nitrogens with one attached hydrogen (secondary N) is 1. The van der Waals surface area contributed by atoms with Crippen molar-refractivity contribution in [2.45, 2.75) is 13.3 Å². The Morgan fingerprint density at radius 2 is 2.08 bits per heavy atom. The molecule has 0 radical (unpaired) electrons. The van der Waals surface area contributed by atoms with Gasteiger partial charge in [-0.25, -0.2) is 4.98 Å². The molecule has 0 aliphatic carbocycles. The van der Waals surface area contributed by atoms with E-state index in [-0.39, 0.29) is 11.8 Å². The van der Waals surface area contributed by atoms with Crippen molar-refractivity contribution < 1.29 is 14.1 Å². The van der Waals surface area contributed by atoms with Crippen LogP contribution in [0.15, 0.2) is 51.6 Å². The Morgan fingerprint density at radius 3 is 2.80 bits per heavy atom. The van der Waals surface area contributed by atoms with Crippen LogP contribution in [0, 0.1) is 6.92 Å². The fourth-order valence-electron chi connectivity index (χ4n) is 2.08. The van der Waals surface area contributed by atoms with Crippen LogP contribution in [-0.2, 0) is 6.42 Å². The number of nitrogens with zero attached hydrogens (tertiary/aromatic N) is 3. The number of hydrogen-bond donors (Lipinski definition) is 1. The number of pyridine rings is 1. The average molecular weight is 403 g/mol. The van der Waals surface area contributed by atoms with Gasteiger partial charge >= 0.3 is 0 Å². The normalized spacial score (nSPS) is 10.5. The highest BCUT2D eigenvalue weighted by Crippen LogP contribution is 2.24. The summed E-state index contributed by atoms with van der Waals surface area (Å²) < 4.78 is 11.7. The van der Waals surface area contributed by atoms with Crippen LogP contribution in [0.2, 0.25) is 0 Å². The predicted molar refractivity (Wildman–Crippen MR) is 93.5 cm³/mol. The molecule has 1 aromatic carbocycles. The first kappa shape index (κ1) is 17.1. The van der Waals surface area contributed by atoms with Crippen LogP contribution in [0.5, 0.6) is 11.6 Å². The molecule has 3 aromatic rings. The zero-order valence-electron chi connectivity index (χ0n) is 13.4. The molecule has 0 aliphatic rings. The molecular formula is C17H15BrN4O3. The van der Waals surface area contributed by atoms with Crippen molar-refractivity contribution in [1.29, 1.82) is 0 Å². The molecule has 2 aromatic heterocycles. The fourth-order valence-corrected chi connectivity index (χ4v) is 2.34. The molecular weight excluding hydrogens is 388 g/mol. The van der Waals surface area contributed by atoms with Crippen LogP contribution in [-0.4, -0.2) is 27.6 Å². The lowest BCUT2D eigenvalue weighted by atomic mass is 10.2. The van der Waals surface area contributed by atoms with E-state index in [1.807, 2.05) is 12.1 Å². The van der Waals surface area contributed by atoms with E-state index in [1.54, 1.807) is 37.4 Å². The highest BCUT2D eigenvalue weighted by molar-refractivity contribution is 9.10. The van der Waals surface area contributed by atoms with Crippen molar-refractivity contribution in [3.63, 3.8) is 0 Å². The largest absolute Gasteiger partial charge is 0.438 e. The minimum Gasteiger partial charge on any atom is -0.438 e. The summed E-state index contributed by atoms with van der Waals surface area (Å²) in [5.41, 5.74) is 0.354. The minimum absolute atomic E-state index is 0.246. The van der Waals surface area contributed by atoms with Gasteiger partial charge in [0.2, 0.25) is 11.8 Å². The van der Waals surface area contributed by atoms with E-state index in [4.69, 9.17) is 9.26 Å². The number of ether oxygens (including phenoxy) is 1. The number of aromatic nitrogens is 3. The van der Waals surface area contributed by atoms with Crippen LogP contribution in [0.3, 0.4) is 0 Å². The van der Waals surface area contributed by atoms with Crippen molar-refractivity contribution in [2.75, 3.05) is 6.54 Å². The molecule has 25 heavy (non-hydrogen) atoms. The molecule has 0 saturated carbocycles. The summed E-state index contributed by atoms with van der Waals surface area (Å²) in [6, 6.07) is 10.6. The van der Waals surface area contributed by atoms with Gasteiger partial charge < -0.3 is 14.6 Å². The quantitative estimate of drug-likeness (QED) is 0.679. The molecule has 0 unspecified atom stereocenters. The van der Waals surface area contributed by atoms with E-state index in [0.717, 1.165) is 4.47 Å². The fraction of sp³-hybridized carbons (Fsp3) is 0.176. The summed E-state index contributed by atoms with van der Waals surface area (Å²) in [6.45, 7) is 2.11. The molecule has 0 fully saturated rings. The number of benzene rings is 1. The molecule has 8 heteroatoms. The first-order valence-corrected chi connectivity index (χ1v) is 8.37. The smallest absolute Gasteiger partial charge is 0.256 e. The monoisotopic (exact) mass is 402 g/mol. The summed E-state index contributed by atoms with van der Waals surface area (Å²) in [5, 5.41) is 6.51. The van der Waals surface area contributed by atoms with Gasteiger partial charge in [0.05, 0.1) is 0 Å². The van der Waals surface area contributed by atoms with Crippen molar-refractivity contribution >= 4 is 21.8 Å². The first-order valence-electron chi connectivity index (χ1n) is 7.57. The van der Waals surface area contributed by atoms with Gasteiger partial charge in [-0.15, -0.1) is 0 Å². The molecule has 0 bridgehead atoms. The number of amides is 1. The first-order chi connectivity index (χ1) is 12.1. The predicted octanol–water partition coefficient (Wildman–Crippen LogP) is 3.30. The maximum Gasteiger partial charge on any atom is 0.256 e. The molecule has 7 nitrogen and oxygen atoms in total. The molecule has 1 N–H and O–H groups in total. The van der Waals surface area contributed by atoms with Crippen molar-refractivity contribution in [3.8, 4) is 11.6 Å². The summed E-state index contributed by atoms with van der Waals surface area (Å²) in [5.74, 6) is 1.61. The van der Waals surface area contributed by atoms with E-state index in [1.165, 1.54) is 0 Å². The number of carbonyl (C=O) groups is 1. The summed E-state index contributed by atoms with van der Waals surface area (Å²) in [4.78, 5) is 20.6. The molecule has 3 rings (SSSR count). The highest BCUT2D eigenvalue weighted by atomic mass is 79.9. The van der Waals surface area contributed by atoms with E-state index < -0.39 is 0 Å². The molecule has 0 aliphatic heterocycles. The third-order valence-electron chi connectivity index (χ3n) is 3.24. The van der Waals surface area contributed by atoms with E-state index in [2.05, 4.69) is 36.4 Å². The van der Waals surface area contributed by atoms with Crippen molar-refractivity contribution in [2.24, 2.45) is 0 Å². The van der Waals surface area contributed by atoms with Crippen LogP contribution < -0.4 is 10.1 Å². The molecule has 1 amide bonds. The topological polar surface area (TPSA) is 90.1 Å². The molecule has 0 saturated heterocycles. The maximum absolute atomic E-state index is 12.4. The van der Waals surface area contributed by atoms with Gasteiger partial charge in [-0.3, -0.25) is 4.79 Å². The van der Waals surface area contributed by atoms with Gasteiger partial charge in [-0.2, -0.15) is 4.98 Å². The Morgan fingerprint density at radius 1 is 1.28 bits per heavy atom. The summed E-state index contributed by atoms with van der Waals surface area (Å²) in [7, 11) is 0. The van der Waals surface area contributed by atoms with Crippen molar-refractivity contribution in [3.05, 3.63) is 64.3 Å². The Bertz CT molecular complexity index is 864. The Balaban J connectivity index is 1.64. The summed E-state index contributed by atoms with van der Waals surface area (Å²) in [6.07, 6.45) is 2.03. The number of aryl methyl sites for hydroxylation is 1. The second-order valence-electron chi connectivity index (χ2n) is 5.15. The van der Waals surface area contributed by atoms with Crippen molar-refractivity contribution in [1.82, 2.24) is 20.4 Å². The SMILES string of the molecule is Cc1noc(CCNC(=O)c2cccnc2Oc2ccc(Br)cc2)n1. The molecule has 2 heterocycles. The van der Waals surface area contributed by atoms with Gasteiger partial charge in [-0.1, -0.05) is 21.1 Å². The van der Waals surface area contributed by atoms with Crippen LogP contribution in [0.1, 0.15) is 22.1 Å². The molecule has 0 atom stereocenters.